The maximum atomic E-state index is 11.6. The molecule has 1 rings (SSSR count). The van der Waals surface area contributed by atoms with E-state index in [9.17, 15) is 4.79 Å². The largest absolute Gasteiger partial charge is 0.383 e. The number of hydrogen-bond acceptors (Lipinski definition) is 3. The number of rotatable bonds is 4. The molecule has 0 aliphatic carbocycles. The highest BCUT2D eigenvalue weighted by Crippen LogP contribution is 2.07. The number of nitrogens with two attached hydrogens (primary N) is 1. The Kier molecular flexibility index (Phi) is 5.07. The first-order chi connectivity index (χ1) is 7.75. The number of unbranched alkanes of at least 4 members (excludes halogenated alkanes) is 3. The summed E-state index contributed by atoms with van der Waals surface area (Å²) >= 11 is 0. The summed E-state index contributed by atoms with van der Waals surface area (Å²) in [5, 5.41) is 0. The molecule has 2 N–H and O–H groups in total. The zero-order valence-corrected chi connectivity index (χ0v) is 9.49. The van der Waals surface area contributed by atoms with Gasteiger partial charge in [-0.3, -0.25) is 4.79 Å². The fourth-order valence-corrected chi connectivity index (χ4v) is 1.28. The van der Waals surface area contributed by atoms with Gasteiger partial charge in [0.15, 0.2) is 0 Å². The molecule has 0 unspecified atom stereocenters. The molecule has 3 heteroatoms. The molecule has 0 saturated carbocycles. The summed E-state index contributed by atoms with van der Waals surface area (Å²) in [5.74, 6) is 5.45. The molecule has 84 valence electrons. The summed E-state index contributed by atoms with van der Waals surface area (Å²) in [7, 11) is 0. The van der Waals surface area contributed by atoms with E-state index in [1.807, 2.05) is 0 Å². The van der Waals surface area contributed by atoms with Crippen molar-refractivity contribution in [1.29, 1.82) is 0 Å². The molecule has 1 aromatic heterocycles. The number of aromatic nitrogens is 1. The van der Waals surface area contributed by atoms with Crippen LogP contribution in [0.3, 0.4) is 0 Å². The number of ketones is 1. The van der Waals surface area contributed by atoms with E-state index in [1.54, 1.807) is 18.3 Å². The molecule has 0 atom stereocenters. The third-order valence-corrected chi connectivity index (χ3v) is 2.19. The van der Waals surface area contributed by atoms with Crippen LogP contribution in [0.2, 0.25) is 0 Å². The Hall–Kier alpha value is -1.82. The SMILES string of the molecule is CCCCCC#CC(=O)c1cccnc1N. The van der Waals surface area contributed by atoms with Gasteiger partial charge in [0.1, 0.15) is 5.82 Å². The summed E-state index contributed by atoms with van der Waals surface area (Å²) in [6.45, 7) is 2.13. The highest BCUT2D eigenvalue weighted by atomic mass is 16.1. The van der Waals surface area contributed by atoms with Gasteiger partial charge in [-0.05, 0) is 24.5 Å². The zero-order chi connectivity index (χ0) is 11.8. The topological polar surface area (TPSA) is 56.0 Å². The standard InChI is InChI=1S/C13H16N2O/c1-2-3-4-5-6-9-12(16)11-8-7-10-15-13(11)14/h7-8,10H,2-5H2,1H3,(H2,14,15). The summed E-state index contributed by atoms with van der Waals surface area (Å²) in [6, 6.07) is 3.33. The number of nitrogens with zero attached hydrogens (tertiary/aromatic N) is 1. The van der Waals surface area contributed by atoms with Crippen molar-refractivity contribution >= 4 is 11.6 Å². The molecule has 1 heterocycles. The van der Waals surface area contributed by atoms with E-state index >= 15 is 0 Å². The molecule has 0 saturated heterocycles. The fraction of sp³-hybridized carbons (Fsp3) is 0.385. The van der Waals surface area contributed by atoms with Gasteiger partial charge in [0.2, 0.25) is 5.78 Å². The Bertz CT molecular complexity index is 415. The van der Waals surface area contributed by atoms with Crippen molar-refractivity contribution in [3.05, 3.63) is 23.9 Å². The second-order valence-corrected chi connectivity index (χ2v) is 3.52. The van der Waals surface area contributed by atoms with E-state index in [4.69, 9.17) is 5.73 Å². The number of carbonyl (C=O) groups is 1. The predicted octanol–water partition coefficient (Wildman–Crippen LogP) is 2.43. The number of carbonyl (C=O) groups excluding carboxylic acids is 1. The van der Waals surface area contributed by atoms with Crippen LogP contribution in [0.25, 0.3) is 0 Å². The maximum Gasteiger partial charge on any atom is 0.239 e. The molecule has 0 radical (unpaired) electrons. The Morgan fingerprint density at radius 3 is 3.00 bits per heavy atom. The molecule has 1 aromatic rings. The maximum absolute atomic E-state index is 11.6. The van der Waals surface area contributed by atoms with Crippen LogP contribution in [0.1, 0.15) is 43.0 Å². The van der Waals surface area contributed by atoms with Gasteiger partial charge in [-0.25, -0.2) is 4.98 Å². The van der Waals surface area contributed by atoms with Crippen molar-refractivity contribution in [3.63, 3.8) is 0 Å². The lowest BCUT2D eigenvalue weighted by Gasteiger charge is -1.96. The second kappa shape index (κ2) is 6.62. The number of Topliss-reactive ketones (excluding diaryl/α,β-unsaturated/α-hetero) is 1. The summed E-state index contributed by atoms with van der Waals surface area (Å²) < 4.78 is 0. The van der Waals surface area contributed by atoms with Crippen LogP contribution >= 0.6 is 0 Å². The number of hydrogen-bond donors (Lipinski definition) is 1. The number of anilines is 1. The molecular weight excluding hydrogens is 200 g/mol. The number of pyridine rings is 1. The van der Waals surface area contributed by atoms with E-state index in [1.165, 1.54) is 0 Å². The zero-order valence-electron chi connectivity index (χ0n) is 9.49. The highest BCUT2D eigenvalue weighted by molar-refractivity contribution is 6.11. The first-order valence-corrected chi connectivity index (χ1v) is 5.49. The predicted molar refractivity (Wildman–Crippen MR) is 64.9 cm³/mol. The molecule has 16 heavy (non-hydrogen) atoms. The molecule has 0 spiro atoms. The van der Waals surface area contributed by atoms with E-state index in [0.29, 0.717) is 5.56 Å². The van der Waals surface area contributed by atoms with Crippen LogP contribution in [-0.2, 0) is 0 Å². The normalized spacial score (nSPS) is 9.31. The molecule has 0 aliphatic heterocycles. The minimum absolute atomic E-state index is 0.246. The van der Waals surface area contributed by atoms with Crippen LogP contribution in [-0.4, -0.2) is 10.8 Å². The summed E-state index contributed by atoms with van der Waals surface area (Å²) in [5.41, 5.74) is 5.97. The molecular formula is C13H16N2O. The van der Waals surface area contributed by atoms with Crippen molar-refractivity contribution in [1.82, 2.24) is 4.98 Å². The van der Waals surface area contributed by atoms with Crippen molar-refractivity contribution < 1.29 is 4.79 Å². The van der Waals surface area contributed by atoms with Crippen LogP contribution < -0.4 is 5.73 Å². The van der Waals surface area contributed by atoms with Gasteiger partial charge in [-0.15, -0.1) is 0 Å². The molecule has 0 fully saturated rings. The Morgan fingerprint density at radius 1 is 1.50 bits per heavy atom. The van der Waals surface area contributed by atoms with Crippen LogP contribution in [0.4, 0.5) is 5.82 Å². The first kappa shape index (κ1) is 12.3. The van der Waals surface area contributed by atoms with Crippen LogP contribution in [0, 0.1) is 11.8 Å². The van der Waals surface area contributed by atoms with Crippen molar-refractivity contribution in [3.8, 4) is 11.8 Å². The minimum Gasteiger partial charge on any atom is -0.383 e. The molecule has 0 aliphatic rings. The van der Waals surface area contributed by atoms with E-state index in [0.717, 1.165) is 25.7 Å². The smallest absolute Gasteiger partial charge is 0.239 e. The summed E-state index contributed by atoms with van der Waals surface area (Å²) in [6.07, 6.45) is 5.67. The van der Waals surface area contributed by atoms with Crippen molar-refractivity contribution in [2.75, 3.05) is 5.73 Å². The molecule has 0 amide bonds. The second-order valence-electron chi connectivity index (χ2n) is 3.52. The molecule has 3 nitrogen and oxygen atoms in total. The van der Waals surface area contributed by atoms with Gasteiger partial charge in [0.25, 0.3) is 0 Å². The third kappa shape index (κ3) is 3.74. The van der Waals surface area contributed by atoms with Crippen molar-refractivity contribution in [2.45, 2.75) is 32.6 Å². The molecule has 0 bridgehead atoms. The lowest BCUT2D eigenvalue weighted by Crippen LogP contribution is -2.02. The molecule has 0 aromatic carbocycles. The van der Waals surface area contributed by atoms with Gasteiger partial charge in [0.05, 0.1) is 5.56 Å². The Balaban J connectivity index is 2.56. The fourth-order valence-electron chi connectivity index (χ4n) is 1.28. The van der Waals surface area contributed by atoms with Crippen LogP contribution in [0.5, 0.6) is 0 Å². The Labute approximate surface area is 96.1 Å². The Morgan fingerprint density at radius 2 is 2.31 bits per heavy atom. The monoisotopic (exact) mass is 216 g/mol. The third-order valence-electron chi connectivity index (χ3n) is 2.19. The average Bonchev–Trinajstić information content (AvgIpc) is 2.29. The first-order valence-electron chi connectivity index (χ1n) is 5.49. The van der Waals surface area contributed by atoms with Gasteiger partial charge >= 0.3 is 0 Å². The van der Waals surface area contributed by atoms with Crippen molar-refractivity contribution in [2.24, 2.45) is 0 Å². The van der Waals surface area contributed by atoms with E-state index < -0.39 is 0 Å². The minimum atomic E-state index is -0.248. The highest BCUT2D eigenvalue weighted by Gasteiger charge is 2.05. The summed E-state index contributed by atoms with van der Waals surface area (Å²) in [4.78, 5) is 15.5. The van der Waals surface area contributed by atoms with Crippen LogP contribution in [0.15, 0.2) is 18.3 Å². The van der Waals surface area contributed by atoms with E-state index in [-0.39, 0.29) is 11.6 Å². The average molecular weight is 216 g/mol. The number of nitrogen functional groups attached to an aromatic ring is 1. The van der Waals surface area contributed by atoms with E-state index in [2.05, 4.69) is 23.7 Å². The lowest BCUT2D eigenvalue weighted by molar-refractivity contribution is 0.105. The lowest BCUT2D eigenvalue weighted by atomic mass is 10.1. The van der Waals surface area contributed by atoms with Gasteiger partial charge in [0, 0.05) is 12.6 Å². The van der Waals surface area contributed by atoms with Gasteiger partial charge in [-0.2, -0.15) is 0 Å². The van der Waals surface area contributed by atoms with Gasteiger partial charge in [-0.1, -0.05) is 25.7 Å². The van der Waals surface area contributed by atoms with Gasteiger partial charge < -0.3 is 5.73 Å². The quantitative estimate of drug-likeness (QED) is 0.364.